The second-order valence-corrected chi connectivity index (χ2v) is 4.23. The van der Waals surface area contributed by atoms with Crippen LogP contribution in [0.1, 0.15) is 16.7 Å². The van der Waals surface area contributed by atoms with Gasteiger partial charge in [0, 0.05) is 5.02 Å². The van der Waals surface area contributed by atoms with Crippen molar-refractivity contribution in [3.8, 4) is 0 Å². The standard InChI is InChI=1S/C15H13Cl/c1-12-2-4-13(5-3-12)6-7-14-8-10-15(16)11-9-14/h2-11H,1H3. The molecule has 0 aliphatic heterocycles. The van der Waals surface area contributed by atoms with Gasteiger partial charge in [0.25, 0.3) is 0 Å². The Morgan fingerprint density at radius 1 is 0.750 bits per heavy atom. The fourth-order valence-electron chi connectivity index (χ4n) is 1.44. The first-order valence-corrected chi connectivity index (χ1v) is 5.62. The minimum atomic E-state index is 0.771. The molecule has 0 aliphatic carbocycles. The highest BCUT2D eigenvalue weighted by Crippen LogP contribution is 2.13. The van der Waals surface area contributed by atoms with Crippen molar-refractivity contribution in [1.29, 1.82) is 0 Å². The van der Waals surface area contributed by atoms with Crippen LogP contribution in [0.5, 0.6) is 0 Å². The summed E-state index contributed by atoms with van der Waals surface area (Å²) in [5, 5.41) is 0.771. The van der Waals surface area contributed by atoms with E-state index in [0.29, 0.717) is 0 Å². The van der Waals surface area contributed by atoms with E-state index in [9.17, 15) is 0 Å². The maximum atomic E-state index is 5.82. The van der Waals surface area contributed by atoms with Gasteiger partial charge in [0.1, 0.15) is 0 Å². The molecule has 1 heteroatoms. The predicted molar refractivity (Wildman–Crippen MR) is 71.6 cm³/mol. The molecule has 0 unspecified atom stereocenters. The van der Waals surface area contributed by atoms with Crippen LogP contribution in [-0.4, -0.2) is 0 Å². The molecule has 0 bridgehead atoms. The Bertz CT molecular complexity index is 430. The first kappa shape index (κ1) is 11.0. The Kier molecular flexibility index (Phi) is 3.43. The van der Waals surface area contributed by atoms with Gasteiger partial charge in [0.15, 0.2) is 0 Å². The van der Waals surface area contributed by atoms with E-state index in [1.807, 2.05) is 24.3 Å². The molecule has 0 aliphatic rings. The molecule has 2 aromatic rings. The maximum Gasteiger partial charge on any atom is 0.0406 e. The Balaban J connectivity index is 2.15. The van der Waals surface area contributed by atoms with Gasteiger partial charge in [-0.2, -0.15) is 0 Å². The van der Waals surface area contributed by atoms with Gasteiger partial charge in [-0.15, -0.1) is 0 Å². The van der Waals surface area contributed by atoms with Crippen LogP contribution in [0.4, 0.5) is 0 Å². The molecule has 2 rings (SSSR count). The second kappa shape index (κ2) is 5.00. The smallest absolute Gasteiger partial charge is 0.0406 e. The minimum Gasteiger partial charge on any atom is -0.0843 e. The molecule has 0 saturated carbocycles. The van der Waals surface area contributed by atoms with Gasteiger partial charge in [0.2, 0.25) is 0 Å². The number of benzene rings is 2. The quantitative estimate of drug-likeness (QED) is 0.647. The Hall–Kier alpha value is -1.53. The minimum absolute atomic E-state index is 0.771. The lowest BCUT2D eigenvalue weighted by atomic mass is 10.1. The molecule has 80 valence electrons. The lowest BCUT2D eigenvalue weighted by Gasteiger charge is -1.96. The zero-order valence-corrected chi connectivity index (χ0v) is 9.91. The molecule has 0 aromatic heterocycles. The lowest BCUT2D eigenvalue weighted by molar-refractivity contribution is 1.46. The molecule has 2 aromatic carbocycles. The second-order valence-electron chi connectivity index (χ2n) is 3.80. The summed E-state index contributed by atoms with van der Waals surface area (Å²) in [6, 6.07) is 16.3. The lowest BCUT2D eigenvalue weighted by Crippen LogP contribution is -1.74. The van der Waals surface area contributed by atoms with E-state index < -0.39 is 0 Å². The normalized spacial score (nSPS) is 10.9. The van der Waals surface area contributed by atoms with Gasteiger partial charge in [-0.1, -0.05) is 65.7 Å². The largest absolute Gasteiger partial charge is 0.0843 e. The third-order valence-corrected chi connectivity index (χ3v) is 2.67. The Morgan fingerprint density at radius 3 is 1.69 bits per heavy atom. The molecule has 0 amide bonds. The number of hydrogen-bond acceptors (Lipinski definition) is 0. The predicted octanol–water partition coefficient (Wildman–Crippen LogP) is 4.82. The highest BCUT2D eigenvalue weighted by molar-refractivity contribution is 6.30. The summed E-state index contributed by atoms with van der Waals surface area (Å²) in [5.74, 6) is 0. The summed E-state index contributed by atoms with van der Waals surface area (Å²) in [6.07, 6.45) is 4.18. The highest BCUT2D eigenvalue weighted by Gasteiger charge is 1.89. The van der Waals surface area contributed by atoms with E-state index >= 15 is 0 Å². The van der Waals surface area contributed by atoms with Gasteiger partial charge in [0.05, 0.1) is 0 Å². The van der Waals surface area contributed by atoms with Crippen molar-refractivity contribution in [3.05, 3.63) is 70.2 Å². The van der Waals surface area contributed by atoms with Gasteiger partial charge >= 0.3 is 0 Å². The number of halogens is 1. The van der Waals surface area contributed by atoms with Gasteiger partial charge < -0.3 is 0 Å². The van der Waals surface area contributed by atoms with Crippen molar-refractivity contribution < 1.29 is 0 Å². The van der Waals surface area contributed by atoms with Crippen LogP contribution in [0.15, 0.2) is 48.5 Å². The average molecular weight is 229 g/mol. The van der Waals surface area contributed by atoms with Crippen LogP contribution < -0.4 is 0 Å². The molecule has 0 atom stereocenters. The van der Waals surface area contributed by atoms with E-state index in [4.69, 9.17) is 11.6 Å². The van der Waals surface area contributed by atoms with Gasteiger partial charge in [-0.3, -0.25) is 0 Å². The molecule has 0 N–H and O–H groups in total. The number of aryl methyl sites for hydroxylation is 1. The fraction of sp³-hybridized carbons (Fsp3) is 0.0667. The number of hydrogen-bond donors (Lipinski definition) is 0. The molecule has 0 heterocycles. The van der Waals surface area contributed by atoms with E-state index in [-0.39, 0.29) is 0 Å². The molecule has 16 heavy (non-hydrogen) atoms. The van der Waals surface area contributed by atoms with E-state index in [2.05, 4.69) is 43.3 Å². The van der Waals surface area contributed by atoms with E-state index in [1.165, 1.54) is 11.1 Å². The van der Waals surface area contributed by atoms with E-state index in [0.717, 1.165) is 10.6 Å². The van der Waals surface area contributed by atoms with Crippen molar-refractivity contribution in [1.82, 2.24) is 0 Å². The molecular weight excluding hydrogens is 216 g/mol. The van der Waals surface area contributed by atoms with Crippen LogP contribution in [0, 0.1) is 6.92 Å². The van der Waals surface area contributed by atoms with Crippen molar-refractivity contribution in [3.63, 3.8) is 0 Å². The average Bonchev–Trinajstić information content (AvgIpc) is 2.30. The Morgan fingerprint density at radius 2 is 1.19 bits per heavy atom. The molecule has 0 radical (unpaired) electrons. The molecule has 0 nitrogen and oxygen atoms in total. The van der Waals surface area contributed by atoms with Crippen molar-refractivity contribution in [2.24, 2.45) is 0 Å². The zero-order chi connectivity index (χ0) is 11.4. The monoisotopic (exact) mass is 228 g/mol. The first-order chi connectivity index (χ1) is 7.74. The van der Waals surface area contributed by atoms with Crippen LogP contribution in [0.3, 0.4) is 0 Å². The van der Waals surface area contributed by atoms with Crippen molar-refractivity contribution in [2.75, 3.05) is 0 Å². The summed E-state index contributed by atoms with van der Waals surface area (Å²) in [6.45, 7) is 2.09. The molecule has 0 spiro atoms. The van der Waals surface area contributed by atoms with Crippen LogP contribution >= 0.6 is 11.6 Å². The van der Waals surface area contributed by atoms with Crippen LogP contribution in [0.25, 0.3) is 12.2 Å². The van der Waals surface area contributed by atoms with Crippen molar-refractivity contribution >= 4 is 23.8 Å². The highest BCUT2D eigenvalue weighted by atomic mass is 35.5. The summed E-state index contributed by atoms with van der Waals surface area (Å²) in [4.78, 5) is 0. The topological polar surface area (TPSA) is 0 Å². The fourth-order valence-corrected chi connectivity index (χ4v) is 1.57. The summed E-state index contributed by atoms with van der Waals surface area (Å²) >= 11 is 5.82. The number of rotatable bonds is 2. The zero-order valence-electron chi connectivity index (χ0n) is 9.15. The maximum absolute atomic E-state index is 5.82. The Labute approximate surface area is 101 Å². The summed E-state index contributed by atoms with van der Waals surface area (Å²) in [7, 11) is 0. The first-order valence-electron chi connectivity index (χ1n) is 5.24. The molecule has 0 saturated heterocycles. The molecular formula is C15H13Cl. The van der Waals surface area contributed by atoms with Gasteiger partial charge in [-0.25, -0.2) is 0 Å². The van der Waals surface area contributed by atoms with Crippen LogP contribution in [0.2, 0.25) is 5.02 Å². The molecule has 0 fully saturated rings. The third kappa shape index (κ3) is 2.98. The van der Waals surface area contributed by atoms with Crippen LogP contribution in [-0.2, 0) is 0 Å². The van der Waals surface area contributed by atoms with Crippen molar-refractivity contribution in [2.45, 2.75) is 6.92 Å². The summed E-state index contributed by atoms with van der Waals surface area (Å²) < 4.78 is 0. The third-order valence-electron chi connectivity index (χ3n) is 2.42. The SMILES string of the molecule is Cc1ccc(C=Cc2ccc(Cl)cc2)cc1. The van der Waals surface area contributed by atoms with Gasteiger partial charge in [-0.05, 0) is 30.2 Å². The van der Waals surface area contributed by atoms with E-state index in [1.54, 1.807) is 0 Å². The summed E-state index contributed by atoms with van der Waals surface area (Å²) in [5.41, 5.74) is 3.65.